The summed E-state index contributed by atoms with van der Waals surface area (Å²) in [5, 5.41) is 13.7. The molecule has 0 spiro atoms. The van der Waals surface area contributed by atoms with Crippen LogP contribution in [0.1, 0.15) is 25.8 Å². The SMILES string of the molecule is CCCNC(C)(CO)CSCc1ccccc1Cl. The van der Waals surface area contributed by atoms with Crippen molar-refractivity contribution < 1.29 is 5.11 Å². The van der Waals surface area contributed by atoms with Crippen LogP contribution in [-0.2, 0) is 5.75 Å². The smallest absolute Gasteiger partial charge is 0.0618 e. The Morgan fingerprint density at radius 3 is 2.72 bits per heavy atom. The zero-order valence-corrected chi connectivity index (χ0v) is 12.7. The van der Waals surface area contributed by atoms with Gasteiger partial charge in [0.2, 0.25) is 0 Å². The van der Waals surface area contributed by atoms with Gasteiger partial charge in [-0.1, -0.05) is 36.7 Å². The van der Waals surface area contributed by atoms with Crippen molar-refractivity contribution in [2.24, 2.45) is 0 Å². The maximum atomic E-state index is 9.46. The molecule has 1 aromatic carbocycles. The second-order valence-electron chi connectivity index (χ2n) is 4.73. The summed E-state index contributed by atoms with van der Waals surface area (Å²) < 4.78 is 0. The second-order valence-corrected chi connectivity index (χ2v) is 6.12. The predicted octanol–water partition coefficient (Wildman–Crippen LogP) is 3.32. The van der Waals surface area contributed by atoms with E-state index in [2.05, 4.69) is 19.2 Å². The van der Waals surface area contributed by atoms with E-state index in [0.717, 1.165) is 35.1 Å². The first kappa shape index (κ1) is 15.8. The van der Waals surface area contributed by atoms with Gasteiger partial charge >= 0.3 is 0 Å². The second kappa shape index (κ2) is 8.05. The molecule has 1 rings (SSSR count). The predicted molar refractivity (Wildman–Crippen MR) is 81.4 cm³/mol. The molecule has 18 heavy (non-hydrogen) atoms. The number of benzene rings is 1. The number of aliphatic hydroxyl groups excluding tert-OH is 1. The quantitative estimate of drug-likeness (QED) is 0.769. The molecule has 0 aliphatic carbocycles. The molecule has 2 nitrogen and oxygen atoms in total. The largest absolute Gasteiger partial charge is 0.394 e. The molecule has 0 fully saturated rings. The molecule has 4 heteroatoms. The minimum absolute atomic E-state index is 0.155. The van der Waals surface area contributed by atoms with Crippen LogP contribution in [0.5, 0.6) is 0 Å². The number of halogens is 1. The Bertz CT molecular complexity index is 361. The lowest BCUT2D eigenvalue weighted by Gasteiger charge is -2.28. The molecular weight excluding hydrogens is 266 g/mol. The van der Waals surface area contributed by atoms with E-state index in [4.69, 9.17) is 11.6 Å². The molecule has 1 unspecified atom stereocenters. The fourth-order valence-electron chi connectivity index (χ4n) is 1.58. The van der Waals surface area contributed by atoms with Crippen LogP contribution >= 0.6 is 23.4 Å². The van der Waals surface area contributed by atoms with Gasteiger partial charge in [-0.15, -0.1) is 0 Å². The molecule has 0 bridgehead atoms. The normalized spacial score (nSPS) is 14.4. The van der Waals surface area contributed by atoms with Crippen molar-refractivity contribution in [1.29, 1.82) is 0 Å². The van der Waals surface area contributed by atoms with Gasteiger partial charge in [0.15, 0.2) is 0 Å². The minimum Gasteiger partial charge on any atom is -0.394 e. The summed E-state index contributed by atoms with van der Waals surface area (Å²) in [5.74, 6) is 1.75. The van der Waals surface area contributed by atoms with E-state index in [0.29, 0.717) is 0 Å². The fourth-order valence-corrected chi connectivity index (χ4v) is 3.08. The van der Waals surface area contributed by atoms with Crippen LogP contribution in [0, 0.1) is 0 Å². The molecule has 0 saturated heterocycles. The minimum atomic E-state index is -0.206. The van der Waals surface area contributed by atoms with E-state index in [-0.39, 0.29) is 12.1 Å². The third kappa shape index (κ3) is 5.19. The topological polar surface area (TPSA) is 32.3 Å². The van der Waals surface area contributed by atoms with Crippen LogP contribution in [0.25, 0.3) is 0 Å². The van der Waals surface area contributed by atoms with Crippen LogP contribution in [0.4, 0.5) is 0 Å². The lowest BCUT2D eigenvalue weighted by atomic mass is 10.1. The Morgan fingerprint density at radius 1 is 1.39 bits per heavy atom. The third-order valence-corrected chi connectivity index (χ3v) is 4.51. The number of rotatable bonds is 8. The van der Waals surface area contributed by atoms with Gasteiger partial charge in [-0.25, -0.2) is 0 Å². The van der Waals surface area contributed by atoms with Crippen LogP contribution in [0.15, 0.2) is 24.3 Å². The van der Waals surface area contributed by atoms with Gasteiger partial charge in [-0.05, 0) is 31.5 Å². The van der Waals surface area contributed by atoms with Gasteiger partial charge < -0.3 is 10.4 Å². The summed E-state index contributed by atoms with van der Waals surface area (Å²) in [7, 11) is 0. The van der Waals surface area contributed by atoms with Crippen LogP contribution in [0.3, 0.4) is 0 Å². The van der Waals surface area contributed by atoms with Crippen molar-refractivity contribution >= 4 is 23.4 Å². The van der Waals surface area contributed by atoms with Crippen LogP contribution in [-0.4, -0.2) is 29.5 Å². The van der Waals surface area contributed by atoms with Gasteiger partial charge in [0, 0.05) is 22.1 Å². The number of hydrogen-bond donors (Lipinski definition) is 2. The van der Waals surface area contributed by atoms with Crippen molar-refractivity contribution in [2.45, 2.75) is 31.6 Å². The molecular formula is C14H22ClNOS. The zero-order valence-electron chi connectivity index (χ0n) is 11.1. The van der Waals surface area contributed by atoms with Crippen LogP contribution in [0.2, 0.25) is 5.02 Å². The Hall–Kier alpha value is -0.220. The summed E-state index contributed by atoms with van der Waals surface area (Å²) in [4.78, 5) is 0. The molecule has 0 radical (unpaired) electrons. The van der Waals surface area contributed by atoms with Crippen molar-refractivity contribution in [3.8, 4) is 0 Å². The van der Waals surface area contributed by atoms with E-state index < -0.39 is 0 Å². The first-order chi connectivity index (χ1) is 8.61. The Balaban J connectivity index is 2.42. The van der Waals surface area contributed by atoms with E-state index in [1.165, 1.54) is 0 Å². The van der Waals surface area contributed by atoms with Gasteiger partial charge in [0.1, 0.15) is 0 Å². The highest BCUT2D eigenvalue weighted by atomic mass is 35.5. The first-order valence-corrected chi connectivity index (χ1v) is 7.81. The lowest BCUT2D eigenvalue weighted by Crippen LogP contribution is -2.48. The van der Waals surface area contributed by atoms with Gasteiger partial charge in [-0.3, -0.25) is 0 Å². The molecule has 2 N–H and O–H groups in total. The number of thioether (sulfide) groups is 1. The average molecular weight is 288 g/mol. The van der Waals surface area contributed by atoms with Gasteiger partial charge in [0.05, 0.1) is 6.61 Å². The number of hydrogen-bond acceptors (Lipinski definition) is 3. The van der Waals surface area contributed by atoms with Crippen molar-refractivity contribution in [2.75, 3.05) is 18.9 Å². The molecule has 1 aromatic rings. The molecule has 0 amide bonds. The molecule has 0 aliphatic rings. The van der Waals surface area contributed by atoms with E-state index >= 15 is 0 Å². The summed E-state index contributed by atoms with van der Waals surface area (Å²) in [6.07, 6.45) is 1.07. The Labute approximate surface area is 119 Å². The number of nitrogens with one attached hydrogen (secondary N) is 1. The lowest BCUT2D eigenvalue weighted by molar-refractivity contribution is 0.192. The van der Waals surface area contributed by atoms with Crippen molar-refractivity contribution in [3.63, 3.8) is 0 Å². The zero-order chi connectivity index (χ0) is 13.4. The van der Waals surface area contributed by atoms with Crippen LogP contribution < -0.4 is 5.32 Å². The monoisotopic (exact) mass is 287 g/mol. The average Bonchev–Trinajstić information content (AvgIpc) is 2.39. The fraction of sp³-hybridized carbons (Fsp3) is 0.571. The standard InChI is InChI=1S/C14H22ClNOS/c1-3-8-16-14(2,10-17)11-18-9-12-6-4-5-7-13(12)15/h4-7,16-17H,3,8-11H2,1-2H3. The van der Waals surface area contributed by atoms with Gasteiger partial charge in [0.25, 0.3) is 0 Å². The molecule has 0 heterocycles. The summed E-state index contributed by atoms with van der Waals surface area (Å²) in [6, 6.07) is 7.91. The maximum Gasteiger partial charge on any atom is 0.0618 e. The van der Waals surface area contributed by atoms with Crippen molar-refractivity contribution in [1.82, 2.24) is 5.32 Å². The molecule has 0 aromatic heterocycles. The highest BCUT2D eigenvalue weighted by Crippen LogP contribution is 2.23. The summed E-state index contributed by atoms with van der Waals surface area (Å²) >= 11 is 7.91. The highest BCUT2D eigenvalue weighted by Gasteiger charge is 2.21. The van der Waals surface area contributed by atoms with E-state index in [1.54, 1.807) is 11.8 Å². The number of aliphatic hydroxyl groups is 1. The molecule has 102 valence electrons. The third-order valence-electron chi connectivity index (χ3n) is 2.79. The van der Waals surface area contributed by atoms with Gasteiger partial charge in [-0.2, -0.15) is 11.8 Å². The molecule has 0 saturated carbocycles. The first-order valence-electron chi connectivity index (χ1n) is 6.28. The molecule has 0 aliphatic heterocycles. The Kier molecular flexibility index (Phi) is 7.08. The summed E-state index contributed by atoms with van der Waals surface area (Å²) in [5.41, 5.74) is 0.946. The maximum absolute atomic E-state index is 9.46. The summed E-state index contributed by atoms with van der Waals surface area (Å²) in [6.45, 7) is 5.27. The van der Waals surface area contributed by atoms with Crippen molar-refractivity contribution in [3.05, 3.63) is 34.9 Å². The highest BCUT2D eigenvalue weighted by molar-refractivity contribution is 7.98. The molecule has 1 atom stereocenters. The van der Waals surface area contributed by atoms with E-state index in [9.17, 15) is 5.11 Å². The van der Waals surface area contributed by atoms with E-state index in [1.807, 2.05) is 24.3 Å². The Morgan fingerprint density at radius 2 is 2.11 bits per heavy atom.